The molecule has 146 valence electrons. The van der Waals surface area contributed by atoms with Crippen LogP contribution in [0.15, 0.2) is 24.3 Å². The molecule has 1 saturated heterocycles. The van der Waals surface area contributed by atoms with Crippen molar-refractivity contribution < 1.29 is 18.0 Å². The van der Waals surface area contributed by atoms with Gasteiger partial charge < -0.3 is 10.2 Å². The molecule has 0 aliphatic carbocycles. The number of nitrogens with zero attached hydrogens (tertiary/aromatic N) is 2. The second kappa shape index (κ2) is 8.86. The van der Waals surface area contributed by atoms with Crippen LogP contribution in [0.1, 0.15) is 36.2 Å². The van der Waals surface area contributed by atoms with Crippen molar-refractivity contribution in [3.05, 3.63) is 35.4 Å². The lowest BCUT2D eigenvalue weighted by Gasteiger charge is -2.38. The zero-order valence-electron chi connectivity index (χ0n) is 15.6. The van der Waals surface area contributed by atoms with E-state index >= 15 is 0 Å². The van der Waals surface area contributed by atoms with E-state index in [-0.39, 0.29) is 17.5 Å². The van der Waals surface area contributed by atoms with Gasteiger partial charge in [-0.1, -0.05) is 13.8 Å². The molecule has 1 aromatic carbocycles. The monoisotopic (exact) mass is 371 g/mol. The number of benzene rings is 1. The summed E-state index contributed by atoms with van der Waals surface area (Å²) in [5.74, 6) is 0.171. The van der Waals surface area contributed by atoms with Crippen molar-refractivity contribution in [3.8, 4) is 0 Å². The van der Waals surface area contributed by atoms with Crippen LogP contribution in [-0.4, -0.2) is 61.5 Å². The number of hydrogen-bond acceptors (Lipinski definition) is 3. The molecule has 7 heteroatoms. The fourth-order valence-corrected chi connectivity index (χ4v) is 3.22. The Bertz CT molecular complexity index is 579. The lowest BCUT2D eigenvalue weighted by atomic mass is 10.0. The third kappa shape index (κ3) is 5.99. The molecule has 4 nitrogen and oxygen atoms in total. The first-order valence-electron chi connectivity index (χ1n) is 9.05. The van der Waals surface area contributed by atoms with Crippen molar-refractivity contribution in [2.24, 2.45) is 5.92 Å². The Balaban J connectivity index is 1.95. The number of amides is 1. The Morgan fingerprint density at radius 2 is 1.69 bits per heavy atom. The van der Waals surface area contributed by atoms with Gasteiger partial charge in [0.25, 0.3) is 5.91 Å². The summed E-state index contributed by atoms with van der Waals surface area (Å²) in [7, 11) is 2.10. The second-order valence-corrected chi connectivity index (χ2v) is 7.41. The van der Waals surface area contributed by atoms with E-state index in [0.29, 0.717) is 12.5 Å². The van der Waals surface area contributed by atoms with E-state index in [2.05, 4.69) is 36.0 Å². The second-order valence-electron chi connectivity index (χ2n) is 7.41. The van der Waals surface area contributed by atoms with Gasteiger partial charge in [0.15, 0.2) is 0 Å². The topological polar surface area (TPSA) is 35.6 Å². The predicted octanol–water partition coefficient (Wildman–Crippen LogP) is 3.10. The van der Waals surface area contributed by atoms with Gasteiger partial charge in [0.05, 0.1) is 5.56 Å². The molecule has 1 fully saturated rings. The Hall–Kier alpha value is -1.60. The molecule has 2 rings (SSSR count). The van der Waals surface area contributed by atoms with Gasteiger partial charge >= 0.3 is 6.18 Å². The van der Waals surface area contributed by atoms with Gasteiger partial charge in [0.1, 0.15) is 0 Å². The largest absolute Gasteiger partial charge is 0.416 e. The van der Waals surface area contributed by atoms with Gasteiger partial charge in [-0.15, -0.1) is 0 Å². The summed E-state index contributed by atoms with van der Waals surface area (Å²) >= 11 is 0. The van der Waals surface area contributed by atoms with E-state index < -0.39 is 11.7 Å². The molecule has 0 saturated carbocycles. The summed E-state index contributed by atoms with van der Waals surface area (Å²) < 4.78 is 37.9. The molecule has 1 N–H and O–H groups in total. The number of nitrogens with one attached hydrogen (secondary N) is 1. The Labute approximate surface area is 153 Å². The first-order chi connectivity index (χ1) is 12.2. The van der Waals surface area contributed by atoms with E-state index in [1.807, 2.05) is 0 Å². The summed E-state index contributed by atoms with van der Waals surface area (Å²) in [4.78, 5) is 17.0. The molecule has 1 heterocycles. The highest BCUT2D eigenvalue weighted by molar-refractivity contribution is 5.94. The van der Waals surface area contributed by atoms with Gasteiger partial charge in [-0.3, -0.25) is 9.69 Å². The van der Waals surface area contributed by atoms with E-state index in [0.717, 1.165) is 44.7 Å². The zero-order chi connectivity index (χ0) is 19.3. The fourth-order valence-electron chi connectivity index (χ4n) is 3.22. The number of hydrogen-bond donors (Lipinski definition) is 1. The summed E-state index contributed by atoms with van der Waals surface area (Å²) in [5, 5.41) is 2.90. The predicted molar refractivity (Wildman–Crippen MR) is 96.1 cm³/mol. The fraction of sp³-hybridized carbons (Fsp3) is 0.632. The van der Waals surface area contributed by atoms with Gasteiger partial charge in [-0.25, -0.2) is 0 Å². The van der Waals surface area contributed by atoms with Crippen LogP contribution in [-0.2, 0) is 6.18 Å². The van der Waals surface area contributed by atoms with Gasteiger partial charge in [0.2, 0.25) is 0 Å². The SMILES string of the molecule is CC(C)CC(CNC(=O)c1ccc(C(F)(F)F)cc1)N1CCN(C)CC1. The summed E-state index contributed by atoms with van der Waals surface area (Å²) in [6.45, 7) is 8.74. The minimum Gasteiger partial charge on any atom is -0.350 e. The van der Waals surface area contributed by atoms with Crippen LogP contribution in [0.4, 0.5) is 13.2 Å². The maximum Gasteiger partial charge on any atom is 0.416 e. The van der Waals surface area contributed by atoms with Crippen LogP contribution in [0, 0.1) is 5.92 Å². The van der Waals surface area contributed by atoms with Crippen LogP contribution in [0.3, 0.4) is 0 Å². The van der Waals surface area contributed by atoms with Crippen LogP contribution in [0.2, 0.25) is 0 Å². The van der Waals surface area contributed by atoms with Crippen molar-refractivity contribution in [2.75, 3.05) is 39.8 Å². The van der Waals surface area contributed by atoms with Crippen molar-refractivity contribution >= 4 is 5.91 Å². The highest BCUT2D eigenvalue weighted by Gasteiger charge is 2.30. The third-order valence-electron chi connectivity index (χ3n) is 4.77. The minimum atomic E-state index is -4.39. The Morgan fingerprint density at radius 1 is 1.12 bits per heavy atom. The highest BCUT2D eigenvalue weighted by Crippen LogP contribution is 2.29. The molecule has 1 aromatic rings. The molecule has 0 radical (unpaired) electrons. The molecular formula is C19H28F3N3O. The van der Waals surface area contributed by atoms with E-state index in [4.69, 9.17) is 0 Å². The molecule has 26 heavy (non-hydrogen) atoms. The molecule has 1 aliphatic heterocycles. The third-order valence-corrected chi connectivity index (χ3v) is 4.77. The molecule has 1 unspecified atom stereocenters. The van der Waals surface area contributed by atoms with E-state index in [9.17, 15) is 18.0 Å². The normalized spacial score (nSPS) is 18.1. The number of carbonyl (C=O) groups is 1. The van der Waals surface area contributed by atoms with Crippen LogP contribution >= 0.6 is 0 Å². The Kier molecular flexibility index (Phi) is 7.06. The molecule has 1 aliphatic rings. The number of alkyl halides is 3. The molecule has 0 spiro atoms. The average molecular weight is 371 g/mol. The number of halogens is 3. The maximum atomic E-state index is 12.6. The van der Waals surface area contributed by atoms with Crippen molar-refractivity contribution in [3.63, 3.8) is 0 Å². The van der Waals surface area contributed by atoms with Crippen molar-refractivity contribution in [1.82, 2.24) is 15.1 Å². The standard InChI is InChI=1S/C19H28F3N3O/c1-14(2)12-17(25-10-8-24(3)9-11-25)13-23-18(26)15-4-6-16(7-5-15)19(20,21)22/h4-7,14,17H,8-13H2,1-3H3,(H,23,26). The lowest BCUT2D eigenvalue weighted by Crippen LogP contribution is -2.52. The minimum absolute atomic E-state index is 0.238. The number of rotatable bonds is 6. The van der Waals surface area contributed by atoms with Gasteiger partial charge in [-0.05, 0) is 43.7 Å². The highest BCUT2D eigenvalue weighted by atomic mass is 19.4. The Morgan fingerprint density at radius 3 is 2.19 bits per heavy atom. The number of piperazine rings is 1. The van der Waals surface area contributed by atoms with Crippen LogP contribution in [0.5, 0.6) is 0 Å². The molecule has 1 atom stereocenters. The van der Waals surface area contributed by atoms with Crippen LogP contribution < -0.4 is 5.32 Å². The van der Waals surface area contributed by atoms with E-state index in [1.165, 1.54) is 12.1 Å². The zero-order valence-corrected chi connectivity index (χ0v) is 15.6. The molecule has 0 aromatic heterocycles. The number of likely N-dealkylation sites (N-methyl/N-ethyl adjacent to an activating group) is 1. The quantitative estimate of drug-likeness (QED) is 0.835. The summed E-state index contributed by atoms with van der Waals surface area (Å²) in [5.41, 5.74) is -0.496. The summed E-state index contributed by atoms with van der Waals surface area (Å²) in [6.07, 6.45) is -3.42. The molecular weight excluding hydrogens is 343 g/mol. The smallest absolute Gasteiger partial charge is 0.350 e. The van der Waals surface area contributed by atoms with Gasteiger partial charge in [-0.2, -0.15) is 13.2 Å². The summed E-state index contributed by atoms with van der Waals surface area (Å²) in [6, 6.07) is 4.58. The molecule has 0 bridgehead atoms. The van der Waals surface area contributed by atoms with E-state index in [1.54, 1.807) is 0 Å². The first kappa shape index (κ1) is 20.7. The molecule has 1 amide bonds. The van der Waals surface area contributed by atoms with Crippen LogP contribution in [0.25, 0.3) is 0 Å². The van der Waals surface area contributed by atoms with Crippen molar-refractivity contribution in [2.45, 2.75) is 32.5 Å². The van der Waals surface area contributed by atoms with Crippen molar-refractivity contribution in [1.29, 1.82) is 0 Å². The average Bonchev–Trinajstić information content (AvgIpc) is 2.58. The first-order valence-corrected chi connectivity index (χ1v) is 9.05. The van der Waals surface area contributed by atoms with Gasteiger partial charge in [0, 0.05) is 44.3 Å². The lowest BCUT2D eigenvalue weighted by molar-refractivity contribution is -0.137. The number of carbonyl (C=O) groups excluding carboxylic acids is 1. The maximum absolute atomic E-state index is 12.6.